The molecule has 8 nitrogen and oxygen atoms in total. The van der Waals surface area contributed by atoms with Crippen LogP contribution in [-0.4, -0.2) is 37.5 Å². The van der Waals surface area contributed by atoms with Crippen molar-refractivity contribution in [2.45, 2.75) is 37.8 Å². The van der Waals surface area contributed by atoms with Crippen molar-refractivity contribution < 1.29 is 23.1 Å². The van der Waals surface area contributed by atoms with E-state index in [4.69, 9.17) is 10.8 Å². The molecule has 0 spiro atoms. The van der Waals surface area contributed by atoms with Gasteiger partial charge in [0.25, 0.3) is 10.2 Å². The highest BCUT2D eigenvalue weighted by molar-refractivity contribution is 7.87. The van der Waals surface area contributed by atoms with Crippen LogP contribution in [0, 0.1) is 0 Å². The molecule has 0 unspecified atom stereocenters. The lowest BCUT2D eigenvalue weighted by atomic mass is 10.2. The van der Waals surface area contributed by atoms with Crippen LogP contribution >= 0.6 is 0 Å². The molecule has 0 saturated heterocycles. The highest BCUT2D eigenvalue weighted by atomic mass is 32.2. The fourth-order valence-corrected chi connectivity index (χ4v) is 2.50. The fourth-order valence-electron chi connectivity index (χ4n) is 1.16. The largest absolute Gasteiger partial charge is 0.480 e. The second-order valence-electron chi connectivity index (χ2n) is 3.91. The Kier molecular flexibility index (Phi) is 4.43. The number of hydrogen-bond donors (Lipinski definition) is 4. The minimum Gasteiger partial charge on any atom is -0.480 e. The van der Waals surface area contributed by atoms with E-state index in [0.29, 0.717) is 0 Å². The first-order valence-electron chi connectivity index (χ1n) is 5.11. The molecule has 0 heterocycles. The zero-order valence-corrected chi connectivity index (χ0v) is 9.87. The molecule has 1 rings (SSSR count). The van der Waals surface area contributed by atoms with Gasteiger partial charge in [-0.1, -0.05) is 0 Å². The molecule has 98 valence electrons. The van der Waals surface area contributed by atoms with E-state index in [9.17, 15) is 18.0 Å². The van der Waals surface area contributed by atoms with Crippen LogP contribution < -0.4 is 15.2 Å². The van der Waals surface area contributed by atoms with Gasteiger partial charge in [-0.2, -0.15) is 17.9 Å². The molecule has 1 amide bonds. The quantitative estimate of drug-likeness (QED) is 0.414. The molecular formula is C8H15N3O5S. The molecule has 1 fully saturated rings. The Bertz CT molecular complexity index is 403. The SMILES string of the molecule is NC(=O)CC[C@@H](NS(=O)(=O)NC1CC1)C(=O)O. The number of carbonyl (C=O) groups excluding carboxylic acids is 1. The molecule has 0 aliphatic heterocycles. The number of nitrogens with one attached hydrogen (secondary N) is 2. The van der Waals surface area contributed by atoms with Crippen molar-refractivity contribution in [3.8, 4) is 0 Å². The Balaban J connectivity index is 2.52. The molecule has 0 aromatic carbocycles. The second-order valence-corrected chi connectivity index (χ2v) is 5.39. The van der Waals surface area contributed by atoms with Crippen molar-refractivity contribution in [2.75, 3.05) is 0 Å². The van der Waals surface area contributed by atoms with Crippen LogP contribution in [0.4, 0.5) is 0 Å². The van der Waals surface area contributed by atoms with Crippen LogP contribution in [0.1, 0.15) is 25.7 Å². The van der Waals surface area contributed by atoms with E-state index in [2.05, 4.69) is 4.72 Å². The third-order valence-corrected chi connectivity index (χ3v) is 3.41. The molecule has 5 N–H and O–H groups in total. The van der Waals surface area contributed by atoms with Gasteiger partial charge >= 0.3 is 5.97 Å². The predicted octanol–water partition coefficient (Wildman–Crippen LogP) is -1.71. The van der Waals surface area contributed by atoms with E-state index in [1.165, 1.54) is 0 Å². The number of aliphatic carboxylic acids is 1. The van der Waals surface area contributed by atoms with Crippen molar-refractivity contribution in [1.82, 2.24) is 9.44 Å². The fraction of sp³-hybridized carbons (Fsp3) is 0.750. The summed E-state index contributed by atoms with van der Waals surface area (Å²) in [7, 11) is -3.84. The van der Waals surface area contributed by atoms with E-state index in [1.807, 2.05) is 4.72 Å². The molecule has 0 radical (unpaired) electrons. The number of carboxylic acid groups (broad SMARTS) is 1. The van der Waals surface area contributed by atoms with E-state index in [-0.39, 0.29) is 18.9 Å². The lowest BCUT2D eigenvalue weighted by Crippen LogP contribution is -2.47. The molecule has 0 aromatic heterocycles. The van der Waals surface area contributed by atoms with E-state index in [0.717, 1.165) is 12.8 Å². The Labute approximate surface area is 98.7 Å². The number of hydrogen-bond acceptors (Lipinski definition) is 4. The first-order chi connectivity index (χ1) is 7.80. The normalized spacial score (nSPS) is 17.6. The van der Waals surface area contributed by atoms with Crippen LogP contribution in [0.25, 0.3) is 0 Å². The van der Waals surface area contributed by atoms with Gasteiger partial charge < -0.3 is 10.8 Å². The Morgan fingerprint density at radius 3 is 2.41 bits per heavy atom. The third kappa shape index (κ3) is 5.61. The van der Waals surface area contributed by atoms with Crippen molar-refractivity contribution in [3.63, 3.8) is 0 Å². The minimum absolute atomic E-state index is 0.113. The molecule has 9 heteroatoms. The summed E-state index contributed by atoms with van der Waals surface area (Å²) in [6, 6.07) is -1.46. The van der Waals surface area contributed by atoms with Gasteiger partial charge in [-0.15, -0.1) is 0 Å². The van der Waals surface area contributed by atoms with E-state index in [1.54, 1.807) is 0 Å². The van der Waals surface area contributed by atoms with Crippen molar-refractivity contribution in [3.05, 3.63) is 0 Å². The van der Waals surface area contributed by atoms with Gasteiger partial charge in [-0.25, -0.2) is 0 Å². The van der Waals surface area contributed by atoms with Gasteiger partial charge in [-0.05, 0) is 19.3 Å². The Hall–Kier alpha value is -1.19. The van der Waals surface area contributed by atoms with Crippen LogP contribution in [0.5, 0.6) is 0 Å². The summed E-state index contributed by atoms with van der Waals surface area (Å²) in [5.74, 6) is -2.02. The summed E-state index contributed by atoms with van der Waals surface area (Å²) >= 11 is 0. The summed E-state index contributed by atoms with van der Waals surface area (Å²) in [4.78, 5) is 21.3. The number of amides is 1. The number of rotatable bonds is 8. The second kappa shape index (κ2) is 5.43. The lowest BCUT2D eigenvalue weighted by molar-refractivity contribution is -0.139. The van der Waals surface area contributed by atoms with Crippen LogP contribution in [0.3, 0.4) is 0 Å². The monoisotopic (exact) mass is 265 g/mol. The van der Waals surface area contributed by atoms with Crippen molar-refractivity contribution >= 4 is 22.1 Å². The summed E-state index contributed by atoms with van der Waals surface area (Å²) in [5.41, 5.74) is 4.87. The van der Waals surface area contributed by atoms with Crippen LogP contribution in [0.15, 0.2) is 0 Å². The molecule has 0 bridgehead atoms. The van der Waals surface area contributed by atoms with E-state index < -0.39 is 28.1 Å². The summed E-state index contributed by atoms with van der Waals surface area (Å²) < 4.78 is 27.1. The summed E-state index contributed by atoms with van der Waals surface area (Å²) in [5, 5.41) is 8.79. The Morgan fingerprint density at radius 2 is 2.00 bits per heavy atom. The molecule has 17 heavy (non-hydrogen) atoms. The maximum Gasteiger partial charge on any atom is 0.321 e. The predicted molar refractivity (Wildman–Crippen MR) is 58.1 cm³/mol. The van der Waals surface area contributed by atoms with Gasteiger partial charge in [0.1, 0.15) is 6.04 Å². The number of carbonyl (C=O) groups is 2. The molecule has 1 atom stereocenters. The summed E-state index contributed by atoms with van der Waals surface area (Å²) in [6.07, 6.45) is 1.14. The molecule has 1 aliphatic rings. The molecule has 0 aromatic rings. The highest BCUT2D eigenvalue weighted by Crippen LogP contribution is 2.19. The van der Waals surface area contributed by atoms with Gasteiger partial charge in [0.05, 0.1) is 0 Å². The average molecular weight is 265 g/mol. The minimum atomic E-state index is -3.84. The maximum absolute atomic E-state index is 11.4. The maximum atomic E-state index is 11.4. The first kappa shape index (κ1) is 13.9. The first-order valence-corrected chi connectivity index (χ1v) is 6.59. The number of primary amides is 1. The number of nitrogens with two attached hydrogens (primary N) is 1. The van der Waals surface area contributed by atoms with Gasteiger partial charge in [0.15, 0.2) is 0 Å². The molecule has 1 saturated carbocycles. The van der Waals surface area contributed by atoms with Gasteiger partial charge in [0, 0.05) is 12.5 Å². The van der Waals surface area contributed by atoms with Crippen LogP contribution in [0.2, 0.25) is 0 Å². The van der Waals surface area contributed by atoms with Crippen LogP contribution in [-0.2, 0) is 19.8 Å². The zero-order valence-electron chi connectivity index (χ0n) is 9.05. The van der Waals surface area contributed by atoms with Gasteiger partial charge in [0.2, 0.25) is 5.91 Å². The van der Waals surface area contributed by atoms with E-state index >= 15 is 0 Å². The highest BCUT2D eigenvalue weighted by Gasteiger charge is 2.30. The standard InChI is InChI=1S/C8H15N3O5S/c9-7(12)4-3-6(8(13)14)11-17(15,16)10-5-1-2-5/h5-6,10-11H,1-4H2,(H2,9,12)(H,13,14)/t6-/m1/s1. The smallest absolute Gasteiger partial charge is 0.321 e. The summed E-state index contributed by atoms with van der Waals surface area (Å²) in [6.45, 7) is 0. The van der Waals surface area contributed by atoms with Gasteiger partial charge in [-0.3, -0.25) is 9.59 Å². The van der Waals surface area contributed by atoms with Crippen molar-refractivity contribution in [1.29, 1.82) is 0 Å². The lowest BCUT2D eigenvalue weighted by Gasteiger charge is -2.14. The topological polar surface area (TPSA) is 139 Å². The zero-order chi connectivity index (χ0) is 13.1. The average Bonchev–Trinajstić information content (AvgIpc) is 2.94. The van der Waals surface area contributed by atoms with Crippen molar-refractivity contribution in [2.24, 2.45) is 5.73 Å². The molecule has 1 aliphatic carbocycles. The molecular weight excluding hydrogens is 250 g/mol. The third-order valence-electron chi connectivity index (χ3n) is 2.17. The Morgan fingerprint density at radius 1 is 1.41 bits per heavy atom. The number of carboxylic acids is 1.